The summed E-state index contributed by atoms with van der Waals surface area (Å²) in [6.07, 6.45) is 7.18. The van der Waals surface area contributed by atoms with Crippen LogP contribution in [0.1, 0.15) is 51.6 Å². The molecule has 3 rings (SSSR count). The van der Waals surface area contributed by atoms with E-state index in [0.29, 0.717) is 11.7 Å². The van der Waals surface area contributed by atoms with Gasteiger partial charge in [0.25, 0.3) is 0 Å². The molecule has 1 amide bonds. The minimum absolute atomic E-state index is 0.0259. The summed E-state index contributed by atoms with van der Waals surface area (Å²) in [7, 11) is 0. The third kappa shape index (κ3) is 7.04. The fraction of sp³-hybridized carbons (Fsp3) is 0.480. The van der Waals surface area contributed by atoms with E-state index in [1.807, 2.05) is 44.2 Å². The third-order valence-electron chi connectivity index (χ3n) is 5.49. The van der Waals surface area contributed by atoms with Crippen LogP contribution < -0.4 is 10.1 Å². The first-order valence-electron chi connectivity index (χ1n) is 11.0. The Hall–Kier alpha value is -2.98. The Bertz CT molecular complexity index is 865. The standard InChI is InChI=1S/C25H33N3O3/c1-5-22(30-17-20-7-8-20)15-26-25(6-2)28-14-13-24(16-28)31-23-11-9-21(10-12-23)18(3)27-19(4)29/h5,9-12,15,18,20,24H,2,7-8,13-14,16-17H2,1,3-4H3,(H,27,29)/b22-5+,26-15-/t18-,24+/m0/s1. The van der Waals surface area contributed by atoms with E-state index in [1.165, 1.54) is 19.8 Å². The van der Waals surface area contributed by atoms with Crippen molar-refractivity contribution in [3.8, 4) is 5.75 Å². The number of benzene rings is 1. The fourth-order valence-corrected chi connectivity index (χ4v) is 3.49. The third-order valence-corrected chi connectivity index (χ3v) is 5.49. The first kappa shape index (κ1) is 22.7. The van der Waals surface area contributed by atoms with Crippen LogP contribution in [0.5, 0.6) is 5.75 Å². The lowest BCUT2D eigenvalue weighted by Crippen LogP contribution is -2.24. The lowest BCUT2D eigenvalue weighted by atomic mass is 10.1. The second-order valence-electron chi connectivity index (χ2n) is 8.17. The molecule has 31 heavy (non-hydrogen) atoms. The van der Waals surface area contributed by atoms with Gasteiger partial charge in [0.15, 0.2) is 5.82 Å². The summed E-state index contributed by atoms with van der Waals surface area (Å²) in [6.45, 7) is 11.6. The number of nitrogens with one attached hydrogen (secondary N) is 1. The summed E-state index contributed by atoms with van der Waals surface area (Å²) in [5.74, 6) is 2.98. The van der Waals surface area contributed by atoms with E-state index in [2.05, 4.69) is 27.5 Å². The zero-order valence-corrected chi connectivity index (χ0v) is 18.8. The number of nitrogens with zero attached hydrogens (tertiary/aromatic N) is 2. The minimum atomic E-state index is -0.0383. The molecule has 6 nitrogen and oxygen atoms in total. The Labute approximate surface area is 185 Å². The van der Waals surface area contributed by atoms with Gasteiger partial charge in [-0.2, -0.15) is 0 Å². The van der Waals surface area contributed by atoms with E-state index in [0.717, 1.165) is 43.2 Å². The molecule has 1 aromatic rings. The van der Waals surface area contributed by atoms with Crippen LogP contribution in [0.15, 0.2) is 59.2 Å². The molecule has 166 valence electrons. The highest BCUT2D eigenvalue weighted by Crippen LogP contribution is 2.29. The second kappa shape index (κ2) is 10.9. The highest BCUT2D eigenvalue weighted by molar-refractivity contribution is 5.76. The molecule has 1 N–H and O–H groups in total. The van der Waals surface area contributed by atoms with Crippen molar-refractivity contribution < 1.29 is 14.3 Å². The van der Waals surface area contributed by atoms with E-state index in [1.54, 1.807) is 6.21 Å². The van der Waals surface area contributed by atoms with Gasteiger partial charge in [-0.25, -0.2) is 4.99 Å². The van der Waals surface area contributed by atoms with Crippen LogP contribution in [-0.2, 0) is 9.53 Å². The van der Waals surface area contributed by atoms with E-state index in [-0.39, 0.29) is 18.1 Å². The van der Waals surface area contributed by atoms with Crippen molar-refractivity contribution in [1.29, 1.82) is 0 Å². The summed E-state index contributed by atoms with van der Waals surface area (Å²) in [5, 5.41) is 2.89. The smallest absolute Gasteiger partial charge is 0.217 e. The lowest BCUT2D eigenvalue weighted by Gasteiger charge is -2.18. The number of rotatable bonds is 10. The summed E-state index contributed by atoms with van der Waals surface area (Å²) in [4.78, 5) is 17.9. The van der Waals surface area contributed by atoms with Crippen molar-refractivity contribution >= 4 is 12.1 Å². The number of carbonyl (C=O) groups is 1. The first-order valence-corrected chi connectivity index (χ1v) is 11.0. The molecule has 1 saturated heterocycles. The van der Waals surface area contributed by atoms with Gasteiger partial charge in [-0.3, -0.25) is 4.79 Å². The molecule has 0 aromatic heterocycles. The molecule has 1 aliphatic carbocycles. The Morgan fingerprint density at radius 1 is 1.35 bits per heavy atom. The monoisotopic (exact) mass is 423 g/mol. The molecule has 2 fully saturated rings. The average Bonchev–Trinajstić information content (AvgIpc) is 3.48. The maximum absolute atomic E-state index is 11.2. The van der Waals surface area contributed by atoms with Crippen molar-refractivity contribution in [1.82, 2.24) is 10.2 Å². The van der Waals surface area contributed by atoms with Crippen LogP contribution in [0, 0.1) is 5.92 Å². The molecule has 0 unspecified atom stereocenters. The van der Waals surface area contributed by atoms with E-state index in [9.17, 15) is 4.79 Å². The minimum Gasteiger partial charge on any atom is -0.492 e. The summed E-state index contributed by atoms with van der Waals surface area (Å²) < 4.78 is 12.0. The largest absolute Gasteiger partial charge is 0.492 e. The first-order chi connectivity index (χ1) is 15.0. The van der Waals surface area contributed by atoms with Crippen molar-refractivity contribution in [3.05, 3.63) is 59.8 Å². The predicted molar refractivity (Wildman–Crippen MR) is 123 cm³/mol. The molecule has 1 aromatic carbocycles. The average molecular weight is 424 g/mol. The van der Waals surface area contributed by atoms with Crippen molar-refractivity contribution in [2.45, 2.75) is 52.2 Å². The maximum Gasteiger partial charge on any atom is 0.217 e. The number of likely N-dealkylation sites (tertiary alicyclic amines) is 1. The van der Waals surface area contributed by atoms with Crippen LogP contribution in [-0.4, -0.2) is 42.8 Å². The molecule has 1 heterocycles. The summed E-state index contributed by atoms with van der Waals surface area (Å²) >= 11 is 0. The van der Waals surface area contributed by atoms with Gasteiger partial charge in [0.05, 0.1) is 25.4 Å². The molecule has 1 saturated carbocycles. The van der Waals surface area contributed by atoms with Crippen molar-refractivity contribution in [2.75, 3.05) is 19.7 Å². The molecule has 2 aliphatic rings. The van der Waals surface area contributed by atoms with Crippen molar-refractivity contribution in [2.24, 2.45) is 10.9 Å². The zero-order chi connectivity index (χ0) is 22.2. The van der Waals surface area contributed by atoms with E-state index in [4.69, 9.17) is 9.47 Å². The number of allylic oxidation sites excluding steroid dienone is 2. The number of hydrogen-bond donors (Lipinski definition) is 1. The predicted octanol–water partition coefficient (Wildman–Crippen LogP) is 4.36. The van der Waals surface area contributed by atoms with Crippen LogP contribution >= 0.6 is 0 Å². The Morgan fingerprint density at radius 2 is 2.10 bits per heavy atom. The van der Waals surface area contributed by atoms with Gasteiger partial charge in [-0.15, -0.1) is 0 Å². The number of carbonyl (C=O) groups excluding carboxylic acids is 1. The van der Waals surface area contributed by atoms with Crippen LogP contribution in [0.2, 0.25) is 0 Å². The van der Waals surface area contributed by atoms with E-state index < -0.39 is 0 Å². The molecule has 1 aliphatic heterocycles. The highest BCUT2D eigenvalue weighted by atomic mass is 16.5. The molecule has 0 radical (unpaired) electrons. The maximum atomic E-state index is 11.2. The molecule has 0 spiro atoms. The number of amides is 1. The summed E-state index contributed by atoms with van der Waals surface area (Å²) in [6, 6.07) is 7.86. The second-order valence-corrected chi connectivity index (χ2v) is 8.17. The molecular weight excluding hydrogens is 390 g/mol. The highest BCUT2D eigenvalue weighted by Gasteiger charge is 2.26. The lowest BCUT2D eigenvalue weighted by molar-refractivity contribution is -0.119. The number of ether oxygens (including phenoxy) is 2. The molecule has 2 atom stereocenters. The van der Waals surface area contributed by atoms with Crippen LogP contribution in [0.25, 0.3) is 0 Å². The number of hydrogen-bond acceptors (Lipinski definition) is 5. The summed E-state index contributed by atoms with van der Waals surface area (Å²) in [5.41, 5.74) is 3.99. The van der Waals surface area contributed by atoms with Gasteiger partial charge in [-0.05, 0) is 56.4 Å². The van der Waals surface area contributed by atoms with Gasteiger partial charge in [0, 0.05) is 19.9 Å². The topological polar surface area (TPSA) is 63.2 Å². The van der Waals surface area contributed by atoms with Gasteiger partial charge in [-0.1, -0.05) is 24.4 Å². The Morgan fingerprint density at radius 3 is 2.71 bits per heavy atom. The Balaban J connectivity index is 1.51. The molecular formula is C25H33N3O3. The van der Waals surface area contributed by atoms with Gasteiger partial charge in [0.2, 0.25) is 5.91 Å². The zero-order valence-electron chi connectivity index (χ0n) is 18.8. The molecule has 6 heteroatoms. The normalized spacial score (nSPS) is 19.8. The number of aliphatic imine (C=N–C) groups is 1. The fourth-order valence-electron chi connectivity index (χ4n) is 3.49. The van der Waals surface area contributed by atoms with Crippen LogP contribution in [0.3, 0.4) is 0 Å². The van der Waals surface area contributed by atoms with Gasteiger partial charge < -0.3 is 19.7 Å². The molecule has 0 bridgehead atoms. The Kier molecular flexibility index (Phi) is 7.96. The van der Waals surface area contributed by atoms with Gasteiger partial charge in [0.1, 0.15) is 17.6 Å². The quantitative estimate of drug-likeness (QED) is 0.345. The van der Waals surface area contributed by atoms with Crippen molar-refractivity contribution in [3.63, 3.8) is 0 Å². The SMILES string of the molecule is C=C=C(/N=C\C(=C/C)OCC1CC1)N1CC[C@@H](Oc2ccc([C@H](C)NC(C)=O)cc2)C1. The van der Waals surface area contributed by atoms with Crippen LogP contribution in [0.4, 0.5) is 0 Å². The van der Waals surface area contributed by atoms with E-state index >= 15 is 0 Å². The van der Waals surface area contributed by atoms with Gasteiger partial charge >= 0.3 is 0 Å².